The molecule has 3 aromatic rings. The summed E-state index contributed by atoms with van der Waals surface area (Å²) in [5.41, 5.74) is 1.94. The maximum atomic E-state index is 5.16. The number of nitrogens with zero attached hydrogens (tertiary/aromatic N) is 4. The molecule has 0 aliphatic rings. The number of aromatic nitrogens is 4. The Morgan fingerprint density at radius 1 is 1.10 bits per heavy atom. The summed E-state index contributed by atoms with van der Waals surface area (Å²) in [5.74, 6) is 1.99. The summed E-state index contributed by atoms with van der Waals surface area (Å²) in [4.78, 5) is 8.53. The average Bonchev–Trinajstić information content (AvgIpc) is 2.90. The monoisotopic (exact) mass is 270 g/mol. The Hall–Kier alpha value is -2.47. The lowest BCUT2D eigenvalue weighted by Crippen LogP contribution is -1.96. The topological polar surface area (TPSA) is 61.5 Å². The third-order valence-electron chi connectivity index (χ3n) is 2.94. The van der Waals surface area contributed by atoms with Gasteiger partial charge in [-0.05, 0) is 30.3 Å². The van der Waals surface area contributed by atoms with Crippen molar-refractivity contribution in [1.82, 2.24) is 19.6 Å². The zero-order valence-electron chi connectivity index (χ0n) is 11.3. The average molecular weight is 270 g/mol. The van der Waals surface area contributed by atoms with Gasteiger partial charge in [0.15, 0.2) is 5.82 Å². The first-order valence-electron chi connectivity index (χ1n) is 6.16. The molecule has 0 N–H and O–H groups in total. The molecular weight excluding hydrogens is 256 g/mol. The van der Waals surface area contributed by atoms with E-state index in [1.165, 1.54) is 0 Å². The van der Waals surface area contributed by atoms with Crippen LogP contribution >= 0.6 is 0 Å². The fourth-order valence-corrected chi connectivity index (χ4v) is 2.01. The van der Waals surface area contributed by atoms with Crippen LogP contribution in [-0.4, -0.2) is 33.8 Å². The fourth-order valence-electron chi connectivity index (χ4n) is 2.01. The quantitative estimate of drug-likeness (QED) is 0.725. The SMILES string of the molecule is COCc1nc2nccc(-c3ccc(OC)cc3)n2n1. The van der Waals surface area contributed by atoms with Gasteiger partial charge in [-0.15, -0.1) is 5.10 Å². The molecule has 0 aliphatic carbocycles. The van der Waals surface area contributed by atoms with Crippen LogP contribution in [0.4, 0.5) is 0 Å². The molecule has 0 fully saturated rings. The third-order valence-corrected chi connectivity index (χ3v) is 2.94. The van der Waals surface area contributed by atoms with Crippen molar-refractivity contribution >= 4 is 5.78 Å². The number of rotatable bonds is 4. The molecular formula is C14H14N4O2. The number of methoxy groups -OCH3 is 2. The van der Waals surface area contributed by atoms with Crippen LogP contribution < -0.4 is 4.74 Å². The van der Waals surface area contributed by atoms with E-state index < -0.39 is 0 Å². The van der Waals surface area contributed by atoms with Crippen molar-refractivity contribution in [3.05, 3.63) is 42.4 Å². The maximum Gasteiger partial charge on any atom is 0.253 e. The van der Waals surface area contributed by atoms with Gasteiger partial charge in [0, 0.05) is 18.9 Å². The summed E-state index contributed by atoms with van der Waals surface area (Å²) >= 11 is 0. The van der Waals surface area contributed by atoms with Crippen molar-refractivity contribution < 1.29 is 9.47 Å². The molecule has 0 atom stereocenters. The summed E-state index contributed by atoms with van der Waals surface area (Å²) < 4.78 is 11.9. The summed E-state index contributed by atoms with van der Waals surface area (Å²) in [5, 5.41) is 4.41. The second-order valence-electron chi connectivity index (χ2n) is 4.23. The molecule has 6 nitrogen and oxygen atoms in total. The van der Waals surface area contributed by atoms with Crippen LogP contribution in [0.2, 0.25) is 0 Å². The molecule has 3 rings (SSSR count). The minimum absolute atomic E-state index is 0.366. The van der Waals surface area contributed by atoms with Gasteiger partial charge < -0.3 is 9.47 Å². The molecule has 0 saturated heterocycles. The second-order valence-corrected chi connectivity index (χ2v) is 4.23. The lowest BCUT2D eigenvalue weighted by Gasteiger charge is -2.05. The van der Waals surface area contributed by atoms with Crippen molar-refractivity contribution in [2.75, 3.05) is 14.2 Å². The molecule has 102 valence electrons. The van der Waals surface area contributed by atoms with Gasteiger partial charge in [0.05, 0.1) is 12.8 Å². The van der Waals surface area contributed by atoms with E-state index in [9.17, 15) is 0 Å². The highest BCUT2D eigenvalue weighted by Crippen LogP contribution is 2.22. The van der Waals surface area contributed by atoms with Gasteiger partial charge in [-0.25, -0.2) is 4.98 Å². The molecule has 6 heteroatoms. The molecule has 1 aromatic carbocycles. The Kier molecular flexibility index (Phi) is 3.30. The Morgan fingerprint density at radius 2 is 1.90 bits per heavy atom. The van der Waals surface area contributed by atoms with Crippen molar-refractivity contribution in [3.63, 3.8) is 0 Å². The van der Waals surface area contributed by atoms with E-state index in [2.05, 4.69) is 15.1 Å². The first-order chi connectivity index (χ1) is 9.81. The normalized spacial score (nSPS) is 10.9. The molecule has 0 aliphatic heterocycles. The lowest BCUT2D eigenvalue weighted by molar-refractivity contribution is 0.178. The van der Waals surface area contributed by atoms with Gasteiger partial charge in [-0.3, -0.25) is 0 Å². The molecule has 0 bridgehead atoms. The number of ether oxygens (including phenoxy) is 2. The first-order valence-corrected chi connectivity index (χ1v) is 6.16. The van der Waals surface area contributed by atoms with Crippen LogP contribution in [0.1, 0.15) is 5.82 Å². The van der Waals surface area contributed by atoms with E-state index in [1.807, 2.05) is 30.3 Å². The van der Waals surface area contributed by atoms with Gasteiger partial charge >= 0.3 is 0 Å². The van der Waals surface area contributed by atoms with E-state index in [1.54, 1.807) is 24.9 Å². The number of hydrogen-bond acceptors (Lipinski definition) is 5. The van der Waals surface area contributed by atoms with Crippen LogP contribution in [0.3, 0.4) is 0 Å². The van der Waals surface area contributed by atoms with Crippen molar-refractivity contribution in [1.29, 1.82) is 0 Å². The maximum absolute atomic E-state index is 5.16. The Balaban J connectivity index is 2.09. The largest absolute Gasteiger partial charge is 0.497 e. The first kappa shape index (κ1) is 12.6. The molecule has 0 radical (unpaired) electrons. The summed E-state index contributed by atoms with van der Waals surface area (Å²) in [6, 6.07) is 9.68. The van der Waals surface area contributed by atoms with Gasteiger partial charge in [-0.1, -0.05) is 0 Å². The highest BCUT2D eigenvalue weighted by Gasteiger charge is 2.09. The van der Waals surface area contributed by atoms with Crippen LogP contribution in [0, 0.1) is 0 Å². The molecule has 20 heavy (non-hydrogen) atoms. The fraction of sp³-hybridized carbons (Fsp3) is 0.214. The Morgan fingerprint density at radius 3 is 2.60 bits per heavy atom. The highest BCUT2D eigenvalue weighted by atomic mass is 16.5. The lowest BCUT2D eigenvalue weighted by atomic mass is 10.1. The zero-order chi connectivity index (χ0) is 13.9. The predicted octanol–water partition coefficient (Wildman–Crippen LogP) is 1.95. The van der Waals surface area contributed by atoms with Gasteiger partial charge in [0.2, 0.25) is 0 Å². The van der Waals surface area contributed by atoms with Crippen molar-refractivity contribution in [3.8, 4) is 17.0 Å². The molecule has 0 spiro atoms. The summed E-state index contributed by atoms with van der Waals surface area (Å²) in [6.45, 7) is 0.366. The summed E-state index contributed by atoms with van der Waals surface area (Å²) in [7, 11) is 3.26. The van der Waals surface area contributed by atoms with Crippen LogP contribution in [0.5, 0.6) is 5.75 Å². The van der Waals surface area contributed by atoms with Crippen LogP contribution in [0.25, 0.3) is 17.0 Å². The van der Waals surface area contributed by atoms with E-state index in [0.29, 0.717) is 18.2 Å². The van der Waals surface area contributed by atoms with E-state index >= 15 is 0 Å². The zero-order valence-corrected chi connectivity index (χ0v) is 11.3. The van der Waals surface area contributed by atoms with Gasteiger partial charge in [0.1, 0.15) is 12.4 Å². The smallest absolute Gasteiger partial charge is 0.253 e. The predicted molar refractivity (Wildman–Crippen MR) is 73.5 cm³/mol. The van der Waals surface area contributed by atoms with Crippen molar-refractivity contribution in [2.24, 2.45) is 0 Å². The Bertz CT molecular complexity index is 722. The third kappa shape index (κ3) is 2.21. The molecule has 0 unspecified atom stereocenters. The number of fused-ring (bicyclic) bond motifs is 1. The van der Waals surface area contributed by atoms with Gasteiger partial charge in [-0.2, -0.15) is 9.50 Å². The van der Waals surface area contributed by atoms with Gasteiger partial charge in [0.25, 0.3) is 5.78 Å². The Labute approximate surface area is 116 Å². The van der Waals surface area contributed by atoms with Crippen LogP contribution in [0.15, 0.2) is 36.5 Å². The van der Waals surface area contributed by atoms with Crippen molar-refractivity contribution in [2.45, 2.75) is 6.61 Å². The van der Waals surface area contributed by atoms with E-state index in [-0.39, 0.29) is 0 Å². The molecule has 2 aromatic heterocycles. The van der Waals surface area contributed by atoms with E-state index in [0.717, 1.165) is 17.0 Å². The summed E-state index contributed by atoms with van der Waals surface area (Å²) in [6.07, 6.45) is 1.72. The molecule has 2 heterocycles. The second kappa shape index (κ2) is 5.26. The van der Waals surface area contributed by atoms with Crippen LogP contribution in [-0.2, 0) is 11.3 Å². The molecule has 0 saturated carbocycles. The minimum Gasteiger partial charge on any atom is -0.497 e. The number of hydrogen-bond donors (Lipinski definition) is 0. The number of benzene rings is 1. The standard InChI is InChI=1S/C14H14N4O2/c1-19-9-13-16-14-15-8-7-12(18(14)17-13)10-3-5-11(20-2)6-4-10/h3-8H,9H2,1-2H3. The minimum atomic E-state index is 0.366. The van der Waals surface area contributed by atoms with E-state index in [4.69, 9.17) is 9.47 Å². The molecule has 0 amide bonds. The highest BCUT2D eigenvalue weighted by molar-refractivity contribution is 5.62.